The molecule has 2 heterocycles. The number of benzene rings is 1. The van der Waals surface area contributed by atoms with Gasteiger partial charge in [-0.2, -0.15) is 0 Å². The van der Waals surface area contributed by atoms with Crippen LogP contribution in [0.15, 0.2) is 29.3 Å². The second kappa shape index (κ2) is 14.6. The molecule has 10 heteroatoms. The molecular weight excluding hydrogens is 537 g/mol. The highest BCUT2D eigenvalue weighted by Gasteiger charge is 2.23. The lowest BCUT2D eigenvalue weighted by Crippen LogP contribution is -2.47. The minimum absolute atomic E-state index is 0. The molecule has 0 spiro atoms. The monoisotopic (exact) mass is 575 g/mol. The van der Waals surface area contributed by atoms with E-state index in [4.69, 9.17) is 14.2 Å². The minimum atomic E-state index is -0.0322. The van der Waals surface area contributed by atoms with Crippen molar-refractivity contribution in [2.75, 3.05) is 80.4 Å². The first-order chi connectivity index (χ1) is 15.6. The zero-order valence-electron chi connectivity index (χ0n) is 19.9. The van der Waals surface area contributed by atoms with Crippen molar-refractivity contribution in [3.05, 3.63) is 29.8 Å². The van der Waals surface area contributed by atoms with E-state index in [0.29, 0.717) is 18.4 Å². The van der Waals surface area contributed by atoms with E-state index in [1.807, 2.05) is 12.1 Å². The highest BCUT2D eigenvalue weighted by molar-refractivity contribution is 14.0. The van der Waals surface area contributed by atoms with Gasteiger partial charge in [-0.3, -0.25) is 9.69 Å². The molecule has 0 aromatic heterocycles. The Labute approximate surface area is 214 Å². The predicted molar refractivity (Wildman–Crippen MR) is 139 cm³/mol. The van der Waals surface area contributed by atoms with Gasteiger partial charge in [0.1, 0.15) is 12.3 Å². The summed E-state index contributed by atoms with van der Waals surface area (Å²) in [7, 11) is 5.16. The molecule has 2 saturated heterocycles. The molecule has 0 bridgehead atoms. The third-order valence-electron chi connectivity index (χ3n) is 5.90. The molecule has 2 aliphatic rings. The molecular formula is C23H38IN5O4. The SMILES string of the molecule is COc1ccc(C(CNC(=NCC(=O)N(C)C)NCC2CCOC2)N2CCOCC2)cc1.I. The number of ether oxygens (including phenoxy) is 3. The van der Waals surface area contributed by atoms with Gasteiger partial charge >= 0.3 is 0 Å². The van der Waals surface area contributed by atoms with E-state index in [-0.39, 0.29) is 42.5 Å². The molecule has 2 N–H and O–H groups in total. The van der Waals surface area contributed by atoms with Gasteiger partial charge in [-0.15, -0.1) is 24.0 Å². The maximum Gasteiger partial charge on any atom is 0.243 e. The number of hydrogen-bond acceptors (Lipinski definition) is 6. The number of methoxy groups -OCH3 is 1. The van der Waals surface area contributed by atoms with E-state index in [2.05, 4.69) is 32.7 Å². The van der Waals surface area contributed by atoms with Gasteiger partial charge < -0.3 is 29.7 Å². The molecule has 2 atom stereocenters. The largest absolute Gasteiger partial charge is 0.497 e. The van der Waals surface area contributed by atoms with Crippen molar-refractivity contribution in [3.63, 3.8) is 0 Å². The first-order valence-electron chi connectivity index (χ1n) is 11.3. The van der Waals surface area contributed by atoms with Gasteiger partial charge in [-0.25, -0.2) is 4.99 Å². The van der Waals surface area contributed by atoms with E-state index in [0.717, 1.165) is 58.2 Å². The van der Waals surface area contributed by atoms with E-state index < -0.39 is 0 Å². The first-order valence-corrected chi connectivity index (χ1v) is 11.3. The zero-order chi connectivity index (χ0) is 22.8. The molecule has 1 aromatic rings. The normalized spacial score (nSPS) is 20.0. The number of nitrogens with zero attached hydrogens (tertiary/aromatic N) is 3. The smallest absolute Gasteiger partial charge is 0.243 e. The Bertz CT molecular complexity index is 735. The van der Waals surface area contributed by atoms with Crippen molar-refractivity contribution >= 4 is 35.8 Å². The number of guanidine groups is 1. The lowest BCUT2D eigenvalue weighted by atomic mass is 10.0. The van der Waals surface area contributed by atoms with Crippen LogP contribution in [0.5, 0.6) is 5.75 Å². The summed E-state index contributed by atoms with van der Waals surface area (Å²) >= 11 is 0. The number of amides is 1. The minimum Gasteiger partial charge on any atom is -0.497 e. The maximum atomic E-state index is 12.1. The van der Waals surface area contributed by atoms with Crippen molar-refractivity contribution in [1.29, 1.82) is 0 Å². The maximum absolute atomic E-state index is 12.1. The number of likely N-dealkylation sites (N-methyl/N-ethyl adjacent to an activating group) is 1. The molecule has 2 unspecified atom stereocenters. The van der Waals surface area contributed by atoms with Crippen LogP contribution in [0.4, 0.5) is 0 Å². The molecule has 9 nitrogen and oxygen atoms in total. The lowest BCUT2D eigenvalue weighted by molar-refractivity contribution is -0.127. The topological polar surface area (TPSA) is 87.7 Å². The zero-order valence-corrected chi connectivity index (χ0v) is 22.2. The summed E-state index contributed by atoms with van der Waals surface area (Å²) in [6.45, 7) is 6.31. The Balaban J connectivity index is 0.00000385. The van der Waals surface area contributed by atoms with Crippen LogP contribution >= 0.6 is 24.0 Å². The van der Waals surface area contributed by atoms with Gasteiger partial charge in [0.05, 0.1) is 33.0 Å². The van der Waals surface area contributed by atoms with E-state index in [1.54, 1.807) is 26.1 Å². The van der Waals surface area contributed by atoms with Crippen molar-refractivity contribution < 1.29 is 19.0 Å². The number of halogens is 1. The highest BCUT2D eigenvalue weighted by Crippen LogP contribution is 2.23. The summed E-state index contributed by atoms with van der Waals surface area (Å²) in [5.74, 6) is 1.92. The van der Waals surface area contributed by atoms with E-state index in [9.17, 15) is 4.79 Å². The third kappa shape index (κ3) is 8.91. The van der Waals surface area contributed by atoms with E-state index >= 15 is 0 Å². The molecule has 0 aliphatic carbocycles. The number of carbonyl (C=O) groups excluding carboxylic acids is 1. The number of aliphatic imine (C=N–C) groups is 1. The van der Waals surface area contributed by atoms with Crippen molar-refractivity contribution in [2.24, 2.45) is 10.9 Å². The molecule has 33 heavy (non-hydrogen) atoms. The number of carbonyl (C=O) groups is 1. The fourth-order valence-corrected chi connectivity index (χ4v) is 3.81. The average molecular weight is 575 g/mol. The Morgan fingerprint density at radius 2 is 1.91 bits per heavy atom. The van der Waals surface area contributed by atoms with Gasteiger partial charge in [0, 0.05) is 52.8 Å². The molecule has 186 valence electrons. The van der Waals surface area contributed by atoms with Gasteiger partial charge in [0.15, 0.2) is 5.96 Å². The van der Waals surface area contributed by atoms with Gasteiger partial charge in [-0.1, -0.05) is 12.1 Å². The first kappa shape index (κ1) is 27.6. The fraction of sp³-hybridized carbons (Fsp3) is 0.652. The molecule has 0 saturated carbocycles. The van der Waals surface area contributed by atoms with Crippen LogP contribution in [-0.4, -0.2) is 102 Å². The summed E-state index contributed by atoms with van der Waals surface area (Å²) in [6.07, 6.45) is 1.04. The van der Waals surface area contributed by atoms with Crippen LogP contribution in [0, 0.1) is 5.92 Å². The van der Waals surface area contributed by atoms with Crippen LogP contribution < -0.4 is 15.4 Å². The van der Waals surface area contributed by atoms with E-state index in [1.165, 1.54) is 5.56 Å². The second-order valence-corrected chi connectivity index (χ2v) is 8.38. The summed E-state index contributed by atoms with van der Waals surface area (Å²) < 4.78 is 16.4. The van der Waals surface area contributed by atoms with Crippen LogP contribution in [-0.2, 0) is 14.3 Å². The Kier molecular flexibility index (Phi) is 12.2. The number of rotatable bonds is 9. The lowest BCUT2D eigenvalue weighted by Gasteiger charge is -2.35. The second-order valence-electron chi connectivity index (χ2n) is 8.38. The van der Waals surface area contributed by atoms with Crippen LogP contribution in [0.1, 0.15) is 18.0 Å². The fourth-order valence-electron chi connectivity index (χ4n) is 3.81. The number of hydrogen-bond donors (Lipinski definition) is 2. The standard InChI is InChI=1S/C23H37N5O4.HI/c1-27(2)22(29)16-26-23(24-14-18-8-11-32-17-18)25-15-21(28-9-12-31-13-10-28)19-4-6-20(30-3)7-5-19;/h4-7,18,21H,8-17H2,1-3H3,(H2,24,25,26);1H. The Morgan fingerprint density at radius 1 is 1.18 bits per heavy atom. The summed E-state index contributed by atoms with van der Waals surface area (Å²) in [6, 6.07) is 8.35. The molecule has 1 amide bonds. The Hall–Kier alpha value is -1.63. The highest BCUT2D eigenvalue weighted by atomic mass is 127. The van der Waals surface area contributed by atoms with Crippen molar-refractivity contribution in [3.8, 4) is 5.75 Å². The summed E-state index contributed by atoms with van der Waals surface area (Å²) in [5, 5.41) is 6.88. The van der Waals surface area contributed by atoms with Gasteiger partial charge in [0.25, 0.3) is 0 Å². The van der Waals surface area contributed by atoms with Crippen LogP contribution in [0.25, 0.3) is 0 Å². The van der Waals surface area contributed by atoms with Crippen molar-refractivity contribution in [1.82, 2.24) is 20.4 Å². The number of nitrogens with one attached hydrogen (secondary N) is 2. The summed E-state index contributed by atoms with van der Waals surface area (Å²) in [4.78, 5) is 20.6. The third-order valence-corrected chi connectivity index (χ3v) is 5.90. The van der Waals surface area contributed by atoms with Crippen LogP contribution in [0.3, 0.4) is 0 Å². The average Bonchev–Trinajstić information content (AvgIpc) is 3.35. The predicted octanol–water partition coefficient (Wildman–Crippen LogP) is 1.35. The van der Waals surface area contributed by atoms with Gasteiger partial charge in [0.2, 0.25) is 5.91 Å². The quantitative estimate of drug-likeness (QED) is 0.261. The molecule has 3 rings (SSSR count). The summed E-state index contributed by atoms with van der Waals surface area (Å²) in [5.41, 5.74) is 1.20. The molecule has 1 aromatic carbocycles. The molecule has 0 radical (unpaired) electrons. The van der Waals surface area contributed by atoms with Crippen LogP contribution in [0.2, 0.25) is 0 Å². The number of morpholine rings is 1. The van der Waals surface area contributed by atoms with Gasteiger partial charge in [-0.05, 0) is 24.1 Å². The Morgan fingerprint density at radius 3 is 2.52 bits per heavy atom. The van der Waals surface area contributed by atoms with Crippen molar-refractivity contribution in [2.45, 2.75) is 12.5 Å². The molecule has 2 aliphatic heterocycles. The molecule has 2 fully saturated rings.